The van der Waals surface area contributed by atoms with Gasteiger partial charge in [-0.1, -0.05) is 47.2 Å². The van der Waals surface area contributed by atoms with Crippen molar-refractivity contribution >= 4 is 34.0 Å². The number of halogens is 3. The summed E-state index contributed by atoms with van der Waals surface area (Å²) in [7, 11) is 1.84. The van der Waals surface area contributed by atoms with Gasteiger partial charge in [-0.15, -0.1) is 0 Å². The van der Waals surface area contributed by atoms with E-state index in [0.29, 0.717) is 21.5 Å². The van der Waals surface area contributed by atoms with Crippen LogP contribution in [0.4, 0.5) is 13.9 Å². The van der Waals surface area contributed by atoms with Crippen molar-refractivity contribution in [2.75, 3.05) is 5.32 Å². The van der Waals surface area contributed by atoms with E-state index in [2.05, 4.69) is 15.4 Å². The smallest absolute Gasteiger partial charge is 0.248 e. The summed E-state index contributed by atoms with van der Waals surface area (Å²) in [5.41, 5.74) is 2.61. The van der Waals surface area contributed by atoms with Crippen LogP contribution in [0.1, 0.15) is 30.7 Å². The highest BCUT2D eigenvalue weighted by Gasteiger charge is 2.45. The molecule has 2 heterocycles. The highest BCUT2D eigenvalue weighted by atomic mass is 35.5. The van der Waals surface area contributed by atoms with Crippen LogP contribution in [0.2, 0.25) is 4.34 Å². The fourth-order valence-electron chi connectivity index (χ4n) is 3.85. The van der Waals surface area contributed by atoms with Crippen LogP contribution in [0.25, 0.3) is 11.1 Å². The number of anilines is 1. The average molecular weight is 437 g/mol. The maximum Gasteiger partial charge on any atom is 0.248 e. The van der Waals surface area contributed by atoms with Gasteiger partial charge in [-0.25, -0.2) is 13.8 Å². The molecule has 1 aliphatic rings. The van der Waals surface area contributed by atoms with E-state index < -0.39 is 17.8 Å². The number of nitrogens with one attached hydrogen (secondary N) is 1. The standard InChI is InChI=1S/C20H19ClF2N4OS/c1-27-11-15(9-25-27)12-2-4-13(5-3-12)17(14-6-7-20(22,23)8-14)18(28)26-19-24-10-16(21)29-19/h2-5,9-11,14,17H,6-8H2,1H3,(H,24,26,28). The normalized spacial score (nSPS) is 19.2. The second kappa shape index (κ2) is 7.84. The molecule has 2 unspecified atom stereocenters. The van der Waals surface area contributed by atoms with Crippen molar-refractivity contribution in [3.05, 3.63) is 52.8 Å². The maximum atomic E-state index is 13.9. The van der Waals surface area contributed by atoms with E-state index in [1.807, 2.05) is 37.5 Å². The Labute approximate surface area is 175 Å². The highest BCUT2D eigenvalue weighted by molar-refractivity contribution is 7.19. The molecule has 3 aromatic rings. The molecule has 0 saturated heterocycles. The minimum absolute atomic E-state index is 0.196. The van der Waals surface area contributed by atoms with E-state index in [4.69, 9.17) is 11.6 Å². The van der Waals surface area contributed by atoms with E-state index in [9.17, 15) is 13.6 Å². The largest absolute Gasteiger partial charge is 0.301 e. The highest BCUT2D eigenvalue weighted by Crippen LogP contribution is 2.46. The number of hydrogen-bond donors (Lipinski definition) is 1. The van der Waals surface area contributed by atoms with Crippen molar-refractivity contribution < 1.29 is 13.6 Å². The number of alkyl halides is 2. The molecule has 1 aromatic carbocycles. The van der Waals surface area contributed by atoms with Crippen LogP contribution >= 0.6 is 22.9 Å². The fourth-order valence-corrected chi connectivity index (χ4v) is 4.67. The second-order valence-corrected chi connectivity index (χ2v) is 8.98. The minimum atomic E-state index is -2.73. The zero-order chi connectivity index (χ0) is 20.6. The summed E-state index contributed by atoms with van der Waals surface area (Å²) in [6.07, 6.45) is 4.90. The molecule has 1 amide bonds. The first kappa shape index (κ1) is 20.0. The summed E-state index contributed by atoms with van der Waals surface area (Å²) in [6.45, 7) is 0. The van der Waals surface area contributed by atoms with Gasteiger partial charge >= 0.3 is 0 Å². The molecule has 1 N–H and O–H groups in total. The molecule has 0 spiro atoms. The number of amides is 1. The Kier molecular flexibility index (Phi) is 5.40. The van der Waals surface area contributed by atoms with Gasteiger partial charge in [0.25, 0.3) is 0 Å². The van der Waals surface area contributed by atoms with Crippen molar-refractivity contribution in [1.29, 1.82) is 0 Å². The predicted molar refractivity (Wildman–Crippen MR) is 109 cm³/mol. The van der Waals surface area contributed by atoms with Crippen molar-refractivity contribution in [3.63, 3.8) is 0 Å². The van der Waals surface area contributed by atoms with Gasteiger partial charge in [-0.05, 0) is 23.5 Å². The zero-order valence-electron chi connectivity index (χ0n) is 15.6. The molecule has 2 atom stereocenters. The molecule has 9 heteroatoms. The number of carbonyl (C=O) groups is 1. The summed E-state index contributed by atoms with van der Waals surface area (Å²) >= 11 is 7.02. The fraction of sp³-hybridized carbons (Fsp3) is 0.350. The average Bonchev–Trinajstić information content (AvgIpc) is 3.37. The van der Waals surface area contributed by atoms with Crippen molar-refractivity contribution in [2.45, 2.75) is 31.1 Å². The number of thiazole rings is 1. The molecule has 1 aliphatic carbocycles. The molecule has 0 radical (unpaired) electrons. The SMILES string of the molecule is Cn1cc(-c2ccc(C(C(=O)Nc3ncc(Cl)s3)C3CCC(F)(F)C3)cc2)cn1. The van der Waals surface area contributed by atoms with Crippen molar-refractivity contribution in [3.8, 4) is 11.1 Å². The Balaban J connectivity index is 1.61. The van der Waals surface area contributed by atoms with E-state index in [0.717, 1.165) is 22.5 Å². The summed E-state index contributed by atoms with van der Waals surface area (Å²) in [6, 6.07) is 7.44. The number of carbonyl (C=O) groups excluding carboxylic acids is 1. The van der Waals surface area contributed by atoms with Crippen LogP contribution in [-0.4, -0.2) is 26.6 Å². The van der Waals surface area contributed by atoms with Crippen molar-refractivity contribution in [2.24, 2.45) is 13.0 Å². The molecule has 29 heavy (non-hydrogen) atoms. The van der Waals surface area contributed by atoms with E-state index in [-0.39, 0.29) is 18.7 Å². The first-order valence-corrected chi connectivity index (χ1v) is 10.4. The molecule has 4 rings (SSSR count). The quantitative estimate of drug-likeness (QED) is 0.586. The lowest BCUT2D eigenvalue weighted by atomic mass is 9.83. The molecule has 2 aromatic heterocycles. The molecule has 0 aliphatic heterocycles. The second-order valence-electron chi connectivity index (χ2n) is 7.32. The van der Waals surface area contributed by atoms with Crippen LogP contribution in [0.5, 0.6) is 0 Å². The van der Waals surface area contributed by atoms with Crippen LogP contribution < -0.4 is 5.32 Å². The Morgan fingerprint density at radius 1 is 1.31 bits per heavy atom. The Morgan fingerprint density at radius 3 is 2.62 bits per heavy atom. The van der Waals surface area contributed by atoms with E-state index in [1.54, 1.807) is 10.9 Å². The third-order valence-electron chi connectivity index (χ3n) is 5.21. The van der Waals surface area contributed by atoms with Crippen LogP contribution in [0.3, 0.4) is 0 Å². The monoisotopic (exact) mass is 436 g/mol. The maximum absolute atomic E-state index is 13.9. The number of rotatable bonds is 5. The molecular weight excluding hydrogens is 418 g/mol. The van der Waals surface area contributed by atoms with Crippen LogP contribution in [0, 0.1) is 5.92 Å². The molecule has 152 valence electrons. The van der Waals surface area contributed by atoms with Gasteiger partial charge in [-0.2, -0.15) is 5.10 Å². The van der Waals surface area contributed by atoms with Crippen LogP contribution in [0.15, 0.2) is 42.9 Å². The molecule has 1 fully saturated rings. The summed E-state index contributed by atoms with van der Waals surface area (Å²) in [5.74, 6) is -4.20. The number of nitrogens with zero attached hydrogens (tertiary/aromatic N) is 3. The first-order valence-electron chi connectivity index (χ1n) is 9.20. The Hall–Kier alpha value is -2.32. The number of hydrogen-bond acceptors (Lipinski definition) is 4. The first-order chi connectivity index (χ1) is 13.8. The van der Waals surface area contributed by atoms with E-state index in [1.165, 1.54) is 6.20 Å². The molecule has 1 saturated carbocycles. The number of benzene rings is 1. The Morgan fingerprint density at radius 2 is 2.07 bits per heavy atom. The minimum Gasteiger partial charge on any atom is -0.301 e. The number of aromatic nitrogens is 3. The summed E-state index contributed by atoms with van der Waals surface area (Å²) in [4.78, 5) is 17.1. The third kappa shape index (κ3) is 4.48. The van der Waals surface area contributed by atoms with E-state index >= 15 is 0 Å². The summed E-state index contributed by atoms with van der Waals surface area (Å²) in [5, 5.41) is 7.26. The van der Waals surface area contributed by atoms with Gasteiger partial charge in [0.2, 0.25) is 11.8 Å². The van der Waals surface area contributed by atoms with Gasteiger partial charge in [0, 0.05) is 31.6 Å². The van der Waals surface area contributed by atoms with Crippen molar-refractivity contribution in [1.82, 2.24) is 14.8 Å². The van der Waals surface area contributed by atoms with Gasteiger partial charge in [0.15, 0.2) is 5.13 Å². The lowest BCUT2D eigenvalue weighted by molar-refractivity contribution is -0.118. The molecule has 0 bridgehead atoms. The van der Waals surface area contributed by atoms with Gasteiger partial charge in [-0.3, -0.25) is 9.48 Å². The third-order valence-corrected chi connectivity index (χ3v) is 6.24. The predicted octanol–water partition coefficient (Wildman–Crippen LogP) is 5.35. The summed E-state index contributed by atoms with van der Waals surface area (Å²) < 4.78 is 29.9. The zero-order valence-corrected chi connectivity index (χ0v) is 17.2. The lowest BCUT2D eigenvalue weighted by Crippen LogP contribution is -2.27. The number of aryl methyl sites for hydroxylation is 1. The molecule has 5 nitrogen and oxygen atoms in total. The van der Waals surface area contributed by atoms with Crippen LogP contribution in [-0.2, 0) is 11.8 Å². The van der Waals surface area contributed by atoms with Gasteiger partial charge in [0.1, 0.15) is 4.34 Å². The molecular formula is C20H19ClF2N4OS. The Bertz CT molecular complexity index is 1020. The lowest BCUT2D eigenvalue weighted by Gasteiger charge is -2.23. The topological polar surface area (TPSA) is 59.8 Å². The van der Waals surface area contributed by atoms with Gasteiger partial charge in [0.05, 0.1) is 18.3 Å². The van der Waals surface area contributed by atoms with Gasteiger partial charge < -0.3 is 5.32 Å².